The number of nitrogens with zero attached hydrogens (tertiary/aromatic N) is 3. The van der Waals surface area contributed by atoms with E-state index in [1.54, 1.807) is 11.3 Å². The molecular formula is C14H22N4OS. The molecule has 0 radical (unpaired) electrons. The molecule has 2 aromatic heterocycles. The number of thiazole rings is 1. The highest BCUT2D eigenvalue weighted by Gasteiger charge is 2.34. The number of imidazole rings is 1. The molecule has 1 fully saturated rings. The summed E-state index contributed by atoms with van der Waals surface area (Å²) in [6, 6.07) is 0. The van der Waals surface area contributed by atoms with Crippen LogP contribution in [0.1, 0.15) is 32.4 Å². The van der Waals surface area contributed by atoms with Gasteiger partial charge in [-0.25, -0.2) is 4.98 Å². The van der Waals surface area contributed by atoms with E-state index in [1.807, 2.05) is 6.92 Å². The summed E-state index contributed by atoms with van der Waals surface area (Å²) < 4.78 is 2.16. The van der Waals surface area contributed by atoms with Crippen molar-refractivity contribution in [2.45, 2.75) is 38.8 Å². The number of fused-ring (bicyclic) bond motifs is 1. The van der Waals surface area contributed by atoms with Gasteiger partial charge in [0.05, 0.1) is 11.3 Å². The van der Waals surface area contributed by atoms with Crippen molar-refractivity contribution >= 4 is 22.1 Å². The maximum atomic E-state index is 10.2. The van der Waals surface area contributed by atoms with Crippen molar-refractivity contribution in [3.63, 3.8) is 0 Å². The second-order valence-electron chi connectivity index (χ2n) is 5.78. The van der Waals surface area contributed by atoms with E-state index >= 15 is 0 Å². The van der Waals surface area contributed by atoms with Crippen LogP contribution in [0.5, 0.6) is 0 Å². The van der Waals surface area contributed by atoms with Crippen molar-refractivity contribution in [3.8, 4) is 0 Å². The fourth-order valence-corrected chi connectivity index (χ4v) is 3.48. The largest absolute Gasteiger partial charge is 0.388 e. The average Bonchev–Trinajstić information content (AvgIpc) is 3.05. The summed E-state index contributed by atoms with van der Waals surface area (Å²) in [6.07, 6.45) is 4.01. The molecule has 0 saturated carbocycles. The highest BCUT2D eigenvalue weighted by Crippen LogP contribution is 2.30. The zero-order chi connectivity index (χ0) is 14.2. The molecule has 0 spiro atoms. The third-order valence-corrected chi connectivity index (χ3v) is 4.57. The molecule has 0 aliphatic carbocycles. The molecule has 0 aromatic carbocycles. The van der Waals surface area contributed by atoms with Crippen LogP contribution < -0.4 is 10.2 Å². The van der Waals surface area contributed by atoms with Crippen LogP contribution in [0.25, 0.3) is 4.96 Å². The Morgan fingerprint density at radius 3 is 3.10 bits per heavy atom. The van der Waals surface area contributed by atoms with Gasteiger partial charge in [0, 0.05) is 31.2 Å². The smallest absolute Gasteiger partial charge is 0.195 e. The van der Waals surface area contributed by atoms with Crippen molar-refractivity contribution in [2.24, 2.45) is 0 Å². The van der Waals surface area contributed by atoms with Crippen LogP contribution in [0.3, 0.4) is 0 Å². The van der Waals surface area contributed by atoms with Gasteiger partial charge in [0.1, 0.15) is 0 Å². The molecule has 110 valence electrons. The zero-order valence-electron chi connectivity index (χ0n) is 12.1. The van der Waals surface area contributed by atoms with E-state index in [2.05, 4.69) is 33.1 Å². The Kier molecular flexibility index (Phi) is 3.70. The molecule has 1 atom stereocenters. The number of rotatable bonds is 5. The quantitative estimate of drug-likeness (QED) is 0.827. The first-order valence-electron chi connectivity index (χ1n) is 7.23. The summed E-state index contributed by atoms with van der Waals surface area (Å²) >= 11 is 1.66. The number of hydrogen-bond acceptors (Lipinski definition) is 5. The SMILES string of the molecule is CCCNCc1c(N2CCC(C)(O)C2)nc2sccn12. The van der Waals surface area contributed by atoms with Crippen LogP contribution in [-0.2, 0) is 6.54 Å². The Balaban J connectivity index is 1.89. The second kappa shape index (κ2) is 5.35. The van der Waals surface area contributed by atoms with Crippen LogP contribution >= 0.6 is 11.3 Å². The fourth-order valence-electron chi connectivity index (χ4n) is 2.75. The van der Waals surface area contributed by atoms with Gasteiger partial charge in [-0.15, -0.1) is 11.3 Å². The van der Waals surface area contributed by atoms with Crippen LogP contribution in [0.15, 0.2) is 11.6 Å². The molecule has 6 heteroatoms. The minimum atomic E-state index is -0.592. The average molecular weight is 294 g/mol. The Hall–Kier alpha value is -1.11. The number of anilines is 1. The third-order valence-electron chi connectivity index (χ3n) is 3.81. The molecule has 2 N–H and O–H groups in total. The molecule has 1 aliphatic rings. The highest BCUT2D eigenvalue weighted by atomic mass is 32.1. The van der Waals surface area contributed by atoms with Crippen molar-refractivity contribution < 1.29 is 5.11 Å². The molecule has 5 nitrogen and oxygen atoms in total. The van der Waals surface area contributed by atoms with E-state index in [-0.39, 0.29) is 0 Å². The van der Waals surface area contributed by atoms with Crippen molar-refractivity contribution in [3.05, 3.63) is 17.3 Å². The third kappa shape index (κ3) is 2.55. The lowest BCUT2D eigenvalue weighted by Crippen LogP contribution is -2.30. The Morgan fingerprint density at radius 1 is 1.55 bits per heavy atom. The van der Waals surface area contributed by atoms with Crippen molar-refractivity contribution in [1.29, 1.82) is 0 Å². The standard InChI is InChI=1S/C14H22N4OS/c1-3-5-15-9-11-12(16-13-18(11)7-8-20-13)17-6-4-14(2,19)10-17/h7-8,15,19H,3-6,9-10H2,1-2H3. The van der Waals surface area contributed by atoms with Gasteiger partial charge in [-0.05, 0) is 26.3 Å². The van der Waals surface area contributed by atoms with E-state index in [0.717, 1.165) is 43.3 Å². The van der Waals surface area contributed by atoms with Crippen molar-refractivity contribution in [1.82, 2.24) is 14.7 Å². The lowest BCUT2D eigenvalue weighted by atomic mass is 10.1. The summed E-state index contributed by atoms with van der Waals surface area (Å²) in [6.45, 7) is 7.44. The van der Waals surface area contributed by atoms with E-state index < -0.39 is 5.60 Å². The minimum absolute atomic E-state index is 0.592. The van der Waals surface area contributed by atoms with E-state index in [0.29, 0.717) is 6.54 Å². The van der Waals surface area contributed by atoms with Gasteiger partial charge in [0.15, 0.2) is 10.8 Å². The van der Waals surface area contributed by atoms with Gasteiger partial charge in [-0.1, -0.05) is 6.92 Å². The van der Waals surface area contributed by atoms with Gasteiger partial charge in [-0.2, -0.15) is 0 Å². The lowest BCUT2D eigenvalue weighted by Gasteiger charge is -2.20. The van der Waals surface area contributed by atoms with Gasteiger partial charge < -0.3 is 15.3 Å². The zero-order valence-corrected chi connectivity index (χ0v) is 12.9. The summed E-state index contributed by atoms with van der Waals surface area (Å²) in [5.74, 6) is 1.03. The molecule has 3 rings (SSSR count). The summed E-state index contributed by atoms with van der Waals surface area (Å²) in [5.41, 5.74) is 0.609. The highest BCUT2D eigenvalue weighted by molar-refractivity contribution is 7.15. The predicted octanol–water partition coefficient (Wildman–Crippen LogP) is 1.86. The number of nitrogens with one attached hydrogen (secondary N) is 1. The van der Waals surface area contributed by atoms with E-state index in [1.165, 1.54) is 5.69 Å². The number of β-amino-alcohol motifs (C(OH)–C–C–N with tert-alkyl or cyclic N) is 1. The minimum Gasteiger partial charge on any atom is -0.388 e. The van der Waals surface area contributed by atoms with Gasteiger partial charge in [0.2, 0.25) is 0 Å². The van der Waals surface area contributed by atoms with Crippen LogP contribution in [0.4, 0.5) is 5.82 Å². The molecular weight excluding hydrogens is 272 g/mol. The lowest BCUT2D eigenvalue weighted by molar-refractivity contribution is 0.0839. The first kappa shape index (κ1) is 13.9. The number of aromatic nitrogens is 2. The summed E-state index contributed by atoms with van der Waals surface area (Å²) in [7, 11) is 0. The first-order chi connectivity index (χ1) is 9.61. The second-order valence-corrected chi connectivity index (χ2v) is 6.66. The molecule has 2 aromatic rings. The molecule has 0 amide bonds. The Bertz CT molecular complexity index is 589. The van der Waals surface area contributed by atoms with Crippen LogP contribution in [0, 0.1) is 0 Å². The Morgan fingerprint density at radius 2 is 2.40 bits per heavy atom. The number of aliphatic hydroxyl groups is 1. The molecule has 20 heavy (non-hydrogen) atoms. The topological polar surface area (TPSA) is 52.8 Å². The summed E-state index contributed by atoms with van der Waals surface area (Å²) in [4.78, 5) is 7.99. The molecule has 0 bridgehead atoms. The maximum Gasteiger partial charge on any atom is 0.195 e. The van der Waals surface area contributed by atoms with E-state index in [4.69, 9.17) is 4.98 Å². The van der Waals surface area contributed by atoms with Gasteiger partial charge in [-0.3, -0.25) is 4.40 Å². The first-order valence-corrected chi connectivity index (χ1v) is 8.11. The molecule has 1 aliphatic heterocycles. The maximum absolute atomic E-state index is 10.2. The summed E-state index contributed by atoms with van der Waals surface area (Å²) in [5, 5.41) is 15.7. The number of hydrogen-bond donors (Lipinski definition) is 2. The van der Waals surface area contributed by atoms with Crippen molar-refractivity contribution in [2.75, 3.05) is 24.5 Å². The monoisotopic (exact) mass is 294 g/mol. The van der Waals surface area contributed by atoms with Crippen LogP contribution in [0.2, 0.25) is 0 Å². The normalized spacial score (nSPS) is 23.1. The van der Waals surface area contributed by atoms with Gasteiger partial charge in [0.25, 0.3) is 0 Å². The van der Waals surface area contributed by atoms with Gasteiger partial charge >= 0.3 is 0 Å². The Labute approximate surface area is 123 Å². The van der Waals surface area contributed by atoms with Crippen LogP contribution in [-0.4, -0.2) is 39.7 Å². The molecule has 1 saturated heterocycles. The predicted molar refractivity (Wildman–Crippen MR) is 82.5 cm³/mol. The van der Waals surface area contributed by atoms with E-state index in [9.17, 15) is 5.11 Å². The fraction of sp³-hybridized carbons (Fsp3) is 0.643. The molecule has 3 heterocycles. The molecule has 1 unspecified atom stereocenters.